The number of phenols is 1. The van der Waals surface area contributed by atoms with E-state index >= 15 is 0 Å². The molecule has 3 aromatic heterocycles. The van der Waals surface area contributed by atoms with Crippen molar-refractivity contribution in [1.82, 2.24) is 19.5 Å². The van der Waals surface area contributed by atoms with Crippen LogP contribution in [0.2, 0.25) is 0 Å². The third kappa shape index (κ3) is 2.10. The van der Waals surface area contributed by atoms with Gasteiger partial charge in [0.2, 0.25) is 0 Å². The summed E-state index contributed by atoms with van der Waals surface area (Å²) in [5, 5.41) is 10.3. The fourth-order valence-corrected chi connectivity index (χ4v) is 2.69. The number of carbonyl (C=O) groups is 1. The van der Waals surface area contributed by atoms with E-state index in [1.54, 1.807) is 24.5 Å². The Kier molecular flexibility index (Phi) is 2.80. The van der Waals surface area contributed by atoms with Crippen molar-refractivity contribution in [3.05, 3.63) is 58.8 Å². The van der Waals surface area contributed by atoms with E-state index in [0.717, 1.165) is 5.39 Å². The van der Waals surface area contributed by atoms with Crippen molar-refractivity contribution in [2.24, 2.45) is 0 Å². The molecule has 114 valence electrons. The summed E-state index contributed by atoms with van der Waals surface area (Å²) >= 11 is 0. The number of aromatic hydroxyl groups is 1. The van der Waals surface area contributed by atoms with Gasteiger partial charge in [0, 0.05) is 17.1 Å². The van der Waals surface area contributed by atoms with Crippen LogP contribution in [0, 0.1) is 0 Å². The van der Waals surface area contributed by atoms with E-state index in [2.05, 4.69) is 15.0 Å². The van der Waals surface area contributed by atoms with Crippen molar-refractivity contribution in [3.63, 3.8) is 0 Å². The van der Waals surface area contributed by atoms with Crippen LogP contribution in [0.25, 0.3) is 22.1 Å². The second-order valence-corrected chi connectivity index (χ2v) is 5.25. The monoisotopic (exact) mass is 308 g/mol. The average Bonchev–Trinajstić information content (AvgIpc) is 3.12. The quantitative estimate of drug-likeness (QED) is 0.502. The molecule has 0 aliphatic heterocycles. The molecule has 0 saturated heterocycles. The molecule has 7 nitrogen and oxygen atoms in total. The minimum Gasteiger partial charge on any atom is -0.508 e. The van der Waals surface area contributed by atoms with Crippen molar-refractivity contribution in [2.45, 2.75) is 6.54 Å². The number of rotatable bonds is 3. The zero-order valence-electron chi connectivity index (χ0n) is 11.9. The maximum atomic E-state index is 12.4. The van der Waals surface area contributed by atoms with Crippen molar-refractivity contribution in [2.75, 3.05) is 0 Å². The summed E-state index contributed by atoms with van der Waals surface area (Å²) in [5.74, 6) is -0.254. The topological polar surface area (TPSA) is 104 Å². The summed E-state index contributed by atoms with van der Waals surface area (Å²) in [5.41, 5.74) is 1.86. The second-order valence-electron chi connectivity index (χ2n) is 5.25. The van der Waals surface area contributed by atoms with Crippen LogP contribution >= 0.6 is 0 Å². The maximum absolute atomic E-state index is 12.4. The standard InChI is InChI=1S/C16H12N4O3/c21-10-3-1-2-9(6-10)13(22)8-20-12-7-18-15-11(4-5-17-15)14(12)19-16(20)23/h1-7,21H,8H2,(H,17,18)(H,19,23). The molecule has 7 heteroatoms. The molecule has 3 heterocycles. The first-order valence-corrected chi connectivity index (χ1v) is 7.00. The lowest BCUT2D eigenvalue weighted by molar-refractivity contribution is 0.0972. The largest absolute Gasteiger partial charge is 0.508 e. The average molecular weight is 308 g/mol. The van der Waals surface area contributed by atoms with E-state index in [9.17, 15) is 14.7 Å². The molecule has 4 aromatic rings. The number of nitrogens with one attached hydrogen (secondary N) is 2. The molecule has 0 saturated carbocycles. The van der Waals surface area contributed by atoms with Gasteiger partial charge in [-0.15, -0.1) is 0 Å². The van der Waals surface area contributed by atoms with Gasteiger partial charge in [-0.05, 0) is 18.2 Å². The van der Waals surface area contributed by atoms with Crippen LogP contribution in [-0.2, 0) is 6.54 Å². The van der Waals surface area contributed by atoms with E-state index in [-0.39, 0.29) is 23.8 Å². The highest BCUT2D eigenvalue weighted by Crippen LogP contribution is 2.20. The highest BCUT2D eigenvalue weighted by atomic mass is 16.3. The van der Waals surface area contributed by atoms with Gasteiger partial charge in [0.25, 0.3) is 0 Å². The molecule has 0 amide bonds. The molecule has 0 unspecified atom stereocenters. The Morgan fingerprint density at radius 1 is 1.30 bits per heavy atom. The predicted molar refractivity (Wildman–Crippen MR) is 84.6 cm³/mol. The van der Waals surface area contributed by atoms with Gasteiger partial charge in [0.05, 0.1) is 23.8 Å². The lowest BCUT2D eigenvalue weighted by atomic mass is 10.1. The van der Waals surface area contributed by atoms with Crippen LogP contribution in [0.4, 0.5) is 0 Å². The molecule has 0 radical (unpaired) electrons. The predicted octanol–water partition coefficient (Wildman–Crippen LogP) is 1.79. The van der Waals surface area contributed by atoms with Crippen molar-refractivity contribution < 1.29 is 9.90 Å². The van der Waals surface area contributed by atoms with Gasteiger partial charge in [0.15, 0.2) is 5.78 Å². The van der Waals surface area contributed by atoms with E-state index < -0.39 is 0 Å². The van der Waals surface area contributed by atoms with Gasteiger partial charge in [0.1, 0.15) is 11.4 Å². The van der Waals surface area contributed by atoms with Crippen molar-refractivity contribution in [1.29, 1.82) is 0 Å². The molecule has 0 aliphatic rings. The molecule has 3 N–H and O–H groups in total. The summed E-state index contributed by atoms with van der Waals surface area (Å²) in [6.45, 7) is -0.125. The van der Waals surface area contributed by atoms with Gasteiger partial charge in [-0.1, -0.05) is 12.1 Å². The van der Waals surface area contributed by atoms with Crippen LogP contribution in [-0.4, -0.2) is 30.4 Å². The van der Waals surface area contributed by atoms with Crippen molar-refractivity contribution in [3.8, 4) is 5.75 Å². The SMILES string of the molecule is O=C(Cn1c(=O)[nH]c2c3cc[nH]c3ncc21)c1cccc(O)c1. The first-order valence-electron chi connectivity index (χ1n) is 7.00. The lowest BCUT2D eigenvalue weighted by Gasteiger charge is -2.03. The van der Waals surface area contributed by atoms with Crippen LogP contribution in [0.1, 0.15) is 10.4 Å². The number of hydrogen-bond donors (Lipinski definition) is 3. The van der Waals surface area contributed by atoms with Gasteiger partial charge >= 0.3 is 5.69 Å². The molecule has 0 atom stereocenters. The van der Waals surface area contributed by atoms with E-state index in [4.69, 9.17) is 0 Å². The smallest absolute Gasteiger partial charge is 0.326 e. The number of Topliss-reactive ketones (excluding diaryl/α,β-unsaturated/α-hetero) is 1. The number of hydrogen-bond acceptors (Lipinski definition) is 4. The van der Waals surface area contributed by atoms with Crippen LogP contribution in [0.3, 0.4) is 0 Å². The first-order chi connectivity index (χ1) is 11.1. The Bertz CT molecular complexity index is 1100. The molecule has 0 bridgehead atoms. The van der Waals surface area contributed by atoms with Crippen LogP contribution in [0.15, 0.2) is 47.5 Å². The number of ketones is 1. The Hall–Kier alpha value is -3.35. The Balaban J connectivity index is 1.81. The number of aromatic nitrogens is 4. The van der Waals surface area contributed by atoms with Crippen molar-refractivity contribution >= 4 is 27.9 Å². The zero-order chi connectivity index (χ0) is 16.0. The Morgan fingerprint density at radius 3 is 3.00 bits per heavy atom. The number of aromatic amines is 2. The summed E-state index contributed by atoms with van der Waals surface area (Å²) in [6.07, 6.45) is 3.30. The number of fused-ring (bicyclic) bond motifs is 3. The molecule has 0 aliphatic carbocycles. The third-order valence-corrected chi connectivity index (χ3v) is 3.80. The fraction of sp³-hybridized carbons (Fsp3) is 0.0625. The maximum Gasteiger partial charge on any atom is 0.326 e. The number of H-pyrrole nitrogens is 2. The molecule has 0 spiro atoms. The van der Waals surface area contributed by atoms with Gasteiger partial charge in [-0.3, -0.25) is 9.36 Å². The summed E-state index contributed by atoms with van der Waals surface area (Å²) in [7, 11) is 0. The number of benzene rings is 1. The highest BCUT2D eigenvalue weighted by Gasteiger charge is 2.15. The first kappa shape index (κ1) is 13.3. The number of pyridine rings is 1. The van der Waals surface area contributed by atoms with Crippen LogP contribution < -0.4 is 5.69 Å². The van der Waals surface area contributed by atoms with Gasteiger partial charge < -0.3 is 15.1 Å². The summed E-state index contributed by atoms with van der Waals surface area (Å²) in [6, 6.07) is 7.88. The number of imidazole rings is 1. The zero-order valence-corrected chi connectivity index (χ0v) is 11.9. The summed E-state index contributed by atoms with van der Waals surface area (Å²) < 4.78 is 1.35. The molecular formula is C16H12N4O3. The number of carbonyl (C=O) groups excluding carboxylic acids is 1. The van der Waals surface area contributed by atoms with E-state index in [0.29, 0.717) is 22.2 Å². The lowest BCUT2D eigenvalue weighted by Crippen LogP contribution is -2.21. The normalized spacial score (nSPS) is 11.3. The van der Waals surface area contributed by atoms with E-state index in [1.807, 2.05) is 6.07 Å². The Labute approximate surface area is 129 Å². The molecular weight excluding hydrogens is 296 g/mol. The van der Waals surface area contributed by atoms with Gasteiger partial charge in [-0.2, -0.15) is 0 Å². The number of nitrogens with zero attached hydrogens (tertiary/aromatic N) is 2. The molecule has 0 fully saturated rings. The fourth-order valence-electron chi connectivity index (χ4n) is 2.69. The highest BCUT2D eigenvalue weighted by molar-refractivity contribution is 6.02. The molecule has 23 heavy (non-hydrogen) atoms. The minimum absolute atomic E-state index is 0.0119. The van der Waals surface area contributed by atoms with Crippen LogP contribution in [0.5, 0.6) is 5.75 Å². The summed E-state index contributed by atoms with van der Waals surface area (Å²) in [4.78, 5) is 34.6. The molecule has 4 rings (SSSR count). The Morgan fingerprint density at radius 2 is 2.17 bits per heavy atom. The number of phenolic OH excluding ortho intramolecular Hbond substituents is 1. The van der Waals surface area contributed by atoms with Gasteiger partial charge in [-0.25, -0.2) is 9.78 Å². The second kappa shape index (κ2) is 4.84. The minimum atomic E-state index is -0.371. The molecule has 1 aromatic carbocycles. The third-order valence-electron chi connectivity index (χ3n) is 3.80. The van der Waals surface area contributed by atoms with E-state index in [1.165, 1.54) is 16.7 Å².